The predicted molar refractivity (Wildman–Crippen MR) is 203 cm³/mol. The van der Waals surface area contributed by atoms with Crippen LogP contribution in [0, 0.1) is 10.8 Å². The Kier molecular flexibility index (Phi) is 15.3. The van der Waals surface area contributed by atoms with Crippen LogP contribution in [-0.2, 0) is 41.8 Å². The Morgan fingerprint density at radius 3 is 1.53 bits per heavy atom. The van der Waals surface area contributed by atoms with Crippen LogP contribution in [0.5, 0.6) is 0 Å². The summed E-state index contributed by atoms with van der Waals surface area (Å²) in [5.74, 6) is -1.03. The van der Waals surface area contributed by atoms with Crippen LogP contribution >= 0.6 is 0 Å². The molecule has 1 aliphatic rings. The Morgan fingerprint density at radius 1 is 0.686 bits per heavy atom. The number of esters is 3. The van der Waals surface area contributed by atoms with E-state index in [1.54, 1.807) is 0 Å². The topological polar surface area (TPSA) is 111 Å². The van der Waals surface area contributed by atoms with Gasteiger partial charge in [-0.2, -0.15) is 0 Å². The van der Waals surface area contributed by atoms with Crippen molar-refractivity contribution in [1.82, 2.24) is 9.80 Å². The maximum absolute atomic E-state index is 14.0. The summed E-state index contributed by atoms with van der Waals surface area (Å²) >= 11 is 0. The largest absolute Gasteiger partial charge is 0.460 e. The van der Waals surface area contributed by atoms with Gasteiger partial charge in [0.2, 0.25) is 0 Å². The second-order valence-corrected chi connectivity index (χ2v) is 17.8. The molecular formula is C42H65N3O6. The van der Waals surface area contributed by atoms with Gasteiger partial charge in [0.15, 0.2) is 0 Å². The smallest absolute Gasteiger partial charge is 0.323 e. The first-order valence-electron chi connectivity index (χ1n) is 18.6. The number of nitrogens with two attached hydrogens (primary N) is 1. The maximum Gasteiger partial charge on any atom is 0.323 e. The van der Waals surface area contributed by atoms with E-state index < -0.39 is 29.2 Å². The Morgan fingerprint density at radius 2 is 1.12 bits per heavy atom. The molecule has 9 heteroatoms. The first kappa shape index (κ1) is 42.1. The van der Waals surface area contributed by atoms with Crippen LogP contribution in [0.4, 0.5) is 0 Å². The molecule has 284 valence electrons. The molecule has 3 rings (SSSR count). The molecule has 2 aromatic rings. The normalized spacial score (nSPS) is 19.1. The Balaban J connectivity index is 1.94. The van der Waals surface area contributed by atoms with Crippen molar-refractivity contribution in [2.75, 3.05) is 26.2 Å². The van der Waals surface area contributed by atoms with E-state index in [2.05, 4.69) is 51.3 Å². The van der Waals surface area contributed by atoms with E-state index in [-0.39, 0.29) is 48.8 Å². The van der Waals surface area contributed by atoms with E-state index in [4.69, 9.17) is 19.9 Å². The summed E-state index contributed by atoms with van der Waals surface area (Å²) in [6.07, 6.45) is 3.27. The van der Waals surface area contributed by atoms with E-state index in [1.165, 1.54) is 0 Å². The minimum absolute atomic E-state index is 0.0111. The zero-order valence-corrected chi connectivity index (χ0v) is 32.8. The van der Waals surface area contributed by atoms with Gasteiger partial charge >= 0.3 is 17.9 Å². The molecule has 2 N–H and O–H groups in total. The highest BCUT2D eigenvalue weighted by Gasteiger charge is 2.42. The van der Waals surface area contributed by atoms with Crippen molar-refractivity contribution in [2.45, 2.75) is 137 Å². The summed E-state index contributed by atoms with van der Waals surface area (Å²) in [5.41, 5.74) is 7.85. The molecule has 1 fully saturated rings. The molecule has 0 bridgehead atoms. The average molecular weight is 708 g/mol. The number of carbonyl (C=O) groups excluding carboxylic acids is 3. The molecule has 0 saturated carbocycles. The molecule has 3 unspecified atom stereocenters. The van der Waals surface area contributed by atoms with E-state index in [0.29, 0.717) is 39.0 Å². The van der Waals surface area contributed by atoms with Crippen LogP contribution in [-0.4, -0.2) is 77.1 Å². The number of ether oxygens (including phenoxy) is 3. The van der Waals surface area contributed by atoms with Crippen LogP contribution < -0.4 is 5.73 Å². The van der Waals surface area contributed by atoms with Gasteiger partial charge in [0.1, 0.15) is 30.9 Å². The van der Waals surface area contributed by atoms with Gasteiger partial charge in [0.05, 0.1) is 0 Å². The molecule has 9 nitrogen and oxygen atoms in total. The number of carbonyl (C=O) groups is 3. The van der Waals surface area contributed by atoms with Gasteiger partial charge in [-0.15, -0.1) is 0 Å². The SMILES string of the molecule is CC(C)(C)CCC(C(=O)OCc1ccccc1)N1CCN(C(CCC(=O)OC(C)(C)C)C(=O)OCc2ccccc2)CC(N)(CCC(C)(C)C)C1. The highest BCUT2D eigenvalue weighted by Crippen LogP contribution is 2.31. The molecule has 3 atom stereocenters. The van der Waals surface area contributed by atoms with Gasteiger partial charge in [0.25, 0.3) is 0 Å². The number of hydrogen-bond donors (Lipinski definition) is 1. The van der Waals surface area contributed by atoms with Crippen molar-refractivity contribution in [2.24, 2.45) is 16.6 Å². The van der Waals surface area contributed by atoms with Crippen LogP contribution in [0.15, 0.2) is 60.7 Å². The molecule has 0 aromatic heterocycles. The van der Waals surface area contributed by atoms with Gasteiger partial charge in [-0.1, -0.05) is 102 Å². The van der Waals surface area contributed by atoms with Crippen molar-refractivity contribution < 1.29 is 28.6 Å². The van der Waals surface area contributed by atoms with Crippen molar-refractivity contribution in [3.05, 3.63) is 71.8 Å². The first-order chi connectivity index (χ1) is 23.7. The third-order valence-electron chi connectivity index (χ3n) is 9.17. The molecule has 0 aliphatic carbocycles. The zero-order valence-electron chi connectivity index (χ0n) is 32.8. The fourth-order valence-corrected chi connectivity index (χ4v) is 6.35. The molecule has 51 heavy (non-hydrogen) atoms. The molecular weight excluding hydrogens is 642 g/mol. The first-order valence-corrected chi connectivity index (χ1v) is 18.6. The summed E-state index contributed by atoms with van der Waals surface area (Å²) in [7, 11) is 0. The summed E-state index contributed by atoms with van der Waals surface area (Å²) in [5, 5.41) is 0. The number of hydrogen-bond acceptors (Lipinski definition) is 9. The molecule has 0 radical (unpaired) electrons. The van der Waals surface area contributed by atoms with Gasteiger partial charge in [-0.05, 0) is 74.8 Å². The van der Waals surface area contributed by atoms with Gasteiger partial charge in [-0.25, -0.2) is 0 Å². The van der Waals surface area contributed by atoms with Crippen molar-refractivity contribution >= 4 is 17.9 Å². The molecule has 1 saturated heterocycles. The molecule has 1 heterocycles. The highest BCUT2D eigenvalue weighted by molar-refractivity contribution is 5.78. The summed E-state index contributed by atoms with van der Waals surface area (Å²) in [6.45, 7) is 20.8. The second-order valence-electron chi connectivity index (χ2n) is 17.8. The highest BCUT2D eigenvalue weighted by atomic mass is 16.6. The Hall–Kier alpha value is -3.27. The molecule has 0 amide bonds. The van der Waals surface area contributed by atoms with Gasteiger partial charge < -0.3 is 19.9 Å². The van der Waals surface area contributed by atoms with E-state index in [9.17, 15) is 14.4 Å². The fraction of sp³-hybridized carbons (Fsp3) is 0.643. The standard InChI is InChI=1S/C42H65N3O6/c1-39(2,3)23-22-35(38(48)50-29-33-18-14-11-15-19-33)45-27-26-44(30-42(43,31-45)25-24-40(4,5)6)34(20-21-36(46)51-41(7,8)9)37(47)49-28-32-16-12-10-13-17-32/h10-19,34-35H,20-31,43H2,1-9H3. The van der Waals surface area contributed by atoms with Crippen LogP contribution in [0.2, 0.25) is 0 Å². The van der Waals surface area contributed by atoms with E-state index in [0.717, 1.165) is 24.0 Å². The number of nitrogens with zero attached hydrogens (tertiary/aromatic N) is 2. The van der Waals surface area contributed by atoms with Gasteiger partial charge in [-0.3, -0.25) is 24.2 Å². The molecule has 1 aliphatic heterocycles. The summed E-state index contributed by atoms with van der Waals surface area (Å²) < 4.78 is 17.5. The fourth-order valence-electron chi connectivity index (χ4n) is 6.35. The minimum Gasteiger partial charge on any atom is -0.460 e. The lowest BCUT2D eigenvalue weighted by atomic mass is 9.82. The minimum atomic E-state index is -0.757. The molecule has 0 spiro atoms. The van der Waals surface area contributed by atoms with Gasteiger partial charge in [0, 0.05) is 38.1 Å². The summed E-state index contributed by atoms with van der Waals surface area (Å²) in [6, 6.07) is 18.1. The van der Waals surface area contributed by atoms with E-state index >= 15 is 0 Å². The lowest BCUT2D eigenvalue weighted by Crippen LogP contribution is -2.58. The van der Waals surface area contributed by atoms with Crippen LogP contribution in [0.3, 0.4) is 0 Å². The molecule has 2 aromatic carbocycles. The number of rotatable bonds is 15. The Bertz CT molecular complexity index is 1380. The third kappa shape index (κ3) is 15.9. The monoisotopic (exact) mass is 707 g/mol. The van der Waals surface area contributed by atoms with Crippen molar-refractivity contribution in [3.63, 3.8) is 0 Å². The number of benzene rings is 2. The lowest BCUT2D eigenvalue weighted by Gasteiger charge is -2.39. The quantitative estimate of drug-likeness (QED) is 0.151. The van der Waals surface area contributed by atoms with Crippen LogP contribution in [0.25, 0.3) is 0 Å². The van der Waals surface area contributed by atoms with Crippen molar-refractivity contribution in [3.8, 4) is 0 Å². The Labute approximate surface area is 307 Å². The van der Waals surface area contributed by atoms with Crippen LogP contribution in [0.1, 0.15) is 112 Å². The summed E-state index contributed by atoms with van der Waals surface area (Å²) in [4.78, 5) is 45.1. The van der Waals surface area contributed by atoms with E-state index in [1.807, 2.05) is 81.4 Å². The maximum atomic E-state index is 14.0. The zero-order chi connectivity index (χ0) is 37.9. The second kappa shape index (κ2) is 18.5. The lowest BCUT2D eigenvalue weighted by molar-refractivity contribution is -0.157. The van der Waals surface area contributed by atoms with Crippen molar-refractivity contribution in [1.29, 1.82) is 0 Å². The average Bonchev–Trinajstić information content (AvgIpc) is 3.20. The predicted octanol–water partition coefficient (Wildman–Crippen LogP) is 7.30. The third-order valence-corrected chi connectivity index (χ3v) is 9.17.